The minimum atomic E-state index is -0.198. The van der Waals surface area contributed by atoms with Gasteiger partial charge in [0.1, 0.15) is 0 Å². The van der Waals surface area contributed by atoms with E-state index in [0.29, 0.717) is 10.4 Å². The Labute approximate surface area is 111 Å². The number of thiazole rings is 1. The van der Waals surface area contributed by atoms with Gasteiger partial charge in [-0.3, -0.25) is 4.79 Å². The van der Waals surface area contributed by atoms with Crippen molar-refractivity contribution in [3.63, 3.8) is 0 Å². The van der Waals surface area contributed by atoms with Crippen LogP contribution in [0, 0.1) is 3.57 Å². The van der Waals surface area contributed by atoms with Crippen LogP contribution in [0.5, 0.6) is 0 Å². The molecule has 16 heavy (non-hydrogen) atoms. The van der Waals surface area contributed by atoms with E-state index in [1.54, 1.807) is 6.07 Å². The zero-order chi connectivity index (χ0) is 11.5. The second-order valence-corrected chi connectivity index (χ2v) is 5.34. The summed E-state index contributed by atoms with van der Waals surface area (Å²) in [7, 11) is 1.87. The van der Waals surface area contributed by atoms with Crippen molar-refractivity contribution in [2.45, 2.75) is 0 Å². The molecule has 0 aliphatic heterocycles. The van der Waals surface area contributed by atoms with Crippen LogP contribution in [-0.4, -0.2) is 10.5 Å². The second-order valence-electron chi connectivity index (χ2n) is 3.22. The lowest BCUT2D eigenvalue weighted by atomic mass is 10.2. The second kappa shape index (κ2) is 4.92. The predicted molar refractivity (Wildman–Crippen MR) is 72.3 cm³/mol. The summed E-state index contributed by atoms with van der Waals surface area (Å²) in [6.45, 7) is 0. The van der Waals surface area contributed by atoms with E-state index in [0.717, 1.165) is 3.57 Å². The number of hydrogen-bond acceptors (Lipinski definition) is 2. The normalized spacial score (nSPS) is 11.8. The van der Waals surface area contributed by atoms with Crippen LogP contribution < -0.4 is 4.80 Å². The maximum absolute atomic E-state index is 11.8. The fourth-order valence-electron chi connectivity index (χ4n) is 1.21. The molecule has 0 N–H and O–H groups in total. The van der Waals surface area contributed by atoms with Crippen molar-refractivity contribution in [2.24, 2.45) is 12.0 Å². The molecule has 0 unspecified atom stereocenters. The Bertz CT molecular complexity index is 585. The molecular weight excluding hydrogens is 335 g/mol. The van der Waals surface area contributed by atoms with Crippen LogP contribution in [0.1, 0.15) is 10.4 Å². The minimum Gasteiger partial charge on any atom is -0.327 e. The van der Waals surface area contributed by atoms with Crippen LogP contribution in [0.2, 0.25) is 0 Å². The highest BCUT2D eigenvalue weighted by molar-refractivity contribution is 14.1. The predicted octanol–water partition coefficient (Wildman–Crippen LogP) is 2.43. The molecule has 0 bridgehead atoms. The summed E-state index contributed by atoms with van der Waals surface area (Å²) in [5, 5.41) is 1.90. The zero-order valence-electron chi connectivity index (χ0n) is 8.55. The Balaban J connectivity index is 2.38. The topological polar surface area (TPSA) is 34.4 Å². The first-order valence-electron chi connectivity index (χ1n) is 4.61. The lowest BCUT2D eigenvalue weighted by molar-refractivity contribution is 0.0998. The van der Waals surface area contributed by atoms with Gasteiger partial charge in [-0.25, -0.2) is 0 Å². The van der Waals surface area contributed by atoms with Gasteiger partial charge >= 0.3 is 0 Å². The lowest BCUT2D eigenvalue weighted by Crippen LogP contribution is -2.12. The average molecular weight is 344 g/mol. The Morgan fingerprint density at radius 2 is 2.31 bits per heavy atom. The molecule has 3 nitrogen and oxygen atoms in total. The molecule has 0 radical (unpaired) electrons. The Morgan fingerprint density at radius 1 is 1.50 bits per heavy atom. The Kier molecular flexibility index (Phi) is 3.55. The summed E-state index contributed by atoms with van der Waals surface area (Å²) in [6, 6.07) is 7.42. The van der Waals surface area contributed by atoms with Crippen molar-refractivity contribution in [3.8, 4) is 0 Å². The van der Waals surface area contributed by atoms with E-state index in [9.17, 15) is 4.79 Å². The van der Waals surface area contributed by atoms with Gasteiger partial charge in [0.25, 0.3) is 5.91 Å². The Hall–Kier alpha value is -0.950. The van der Waals surface area contributed by atoms with Crippen molar-refractivity contribution >= 4 is 39.8 Å². The molecule has 5 heteroatoms. The monoisotopic (exact) mass is 344 g/mol. The molecule has 0 aliphatic rings. The van der Waals surface area contributed by atoms with Crippen LogP contribution in [0.15, 0.2) is 40.8 Å². The van der Waals surface area contributed by atoms with Crippen molar-refractivity contribution in [1.82, 2.24) is 4.57 Å². The number of aryl methyl sites for hydroxylation is 1. The van der Waals surface area contributed by atoms with Gasteiger partial charge in [-0.15, -0.1) is 11.3 Å². The van der Waals surface area contributed by atoms with Gasteiger partial charge in [0.2, 0.25) is 0 Å². The molecular formula is C11H9IN2OS. The smallest absolute Gasteiger partial charge is 0.279 e. The number of halogens is 1. The first-order chi connectivity index (χ1) is 7.66. The fraction of sp³-hybridized carbons (Fsp3) is 0.0909. The van der Waals surface area contributed by atoms with Gasteiger partial charge in [-0.05, 0) is 40.8 Å². The van der Waals surface area contributed by atoms with Crippen LogP contribution in [0.3, 0.4) is 0 Å². The first kappa shape index (κ1) is 11.5. The lowest BCUT2D eigenvalue weighted by Gasteiger charge is -1.95. The highest BCUT2D eigenvalue weighted by atomic mass is 127. The van der Waals surface area contributed by atoms with Crippen LogP contribution in [0.4, 0.5) is 0 Å². The molecule has 1 heterocycles. The molecule has 0 aliphatic carbocycles. The number of hydrogen-bond donors (Lipinski definition) is 0. The summed E-state index contributed by atoms with van der Waals surface area (Å²) in [5.41, 5.74) is 0.625. The van der Waals surface area contributed by atoms with Crippen molar-refractivity contribution in [2.75, 3.05) is 0 Å². The van der Waals surface area contributed by atoms with E-state index in [1.807, 2.05) is 41.4 Å². The molecule has 0 fully saturated rings. The first-order valence-corrected chi connectivity index (χ1v) is 6.57. The number of amides is 1. The fourth-order valence-corrected chi connectivity index (χ4v) is 2.48. The third-order valence-corrected chi connectivity index (χ3v) is 3.55. The maximum atomic E-state index is 11.8. The molecule has 82 valence electrons. The van der Waals surface area contributed by atoms with E-state index < -0.39 is 0 Å². The summed E-state index contributed by atoms with van der Waals surface area (Å²) in [5.74, 6) is -0.198. The van der Waals surface area contributed by atoms with Gasteiger partial charge in [0, 0.05) is 27.8 Å². The summed E-state index contributed by atoms with van der Waals surface area (Å²) in [6.07, 6.45) is 1.88. The highest BCUT2D eigenvalue weighted by Gasteiger charge is 2.04. The molecule has 1 aromatic carbocycles. The van der Waals surface area contributed by atoms with Crippen molar-refractivity contribution in [1.29, 1.82) is 0 Å². The number of nitrogens with zero attached hydrogens (tertiary/aromatic N) is 2. The molecule has 2 rings (SSSR count). The zero-order valence-corrected chi connectivity index (χ0v) is 11.5. The van der Waals surface area contributed by atoms with Gasteiger partial charge in [-0.2, -0.15) is 4.99 Å². The number of rotatable bonds is 1. The van der Waals surface area contributed by atoms with Gasteiger partial charge in [0.05, 0.1) is 0 Å². The number of aromatic nitrogens is 1. The van der Waals surface area contributed by atoms with E-state index in [1.165, 1.54) is 11.3 Å². The van der Waals surface area contributed by atoms with E-state index in [4.69, 9.17) is 0 Å². The van der Waals surface area contributed by atoms with Crippen LogP contribution in [-0.2, 0) is 7.05 Å². The number of benzene rings is 1. The maximum Gasteiger partial charge on any atom is 0.279 e. The summed E-state index contributed by atoms with van der Waals surface area (Å²) >= 11 is 3.63. The van der Waals surface area contributed by atoms with Crippen molar-refractivity contribution in [3.05, 3.63) is 49.8 Å². The molecule has 0 spiro atoms. The van der Waals surface area contributed by atoms with E-state index >= 15 is 0 Å². The van der Waals surface area contributed by atoms with Crippen molar-refractivity contribution < 1.29 is 4.79 Å². The summed E-state index contributed by atoms with van der Waals surface area (Å²) in [4.78, 5) is 16.6. The molecule has 1 aromatic heterocycles. The highest BCUT2D eigenvalue weighted by Crippen LogP contribution is 2.08. The minimum absolute atomic E-state index is 0.198. The third-order valence-electron chi connectivity index (χ3n) is 2.03. The molecule has 1 amide bonds. The largest absolute Gasteiger partial charge is 0.327 e. The average Bonchev–Trinajstić information content (AvgIpc) is 2.64. The summed E-state index contributed by atoms with van der Waals surface area (Å²) < 4.78 is 2.87. The Morgan fingerprint density at radius 3 is 2.94 bits per heavy atom. The quantitative estimate of drug-likeness (QED) is 0.732. The number of carbonyl (C=O) groups is 1. The van der Waals surface area contributed by atoms with Gasteiger partial charge < -0.3 is 4.57 Å². The van der Waals surface area contributed by atoms with Gasteiger partial charge in [-0.1, -0.05) is 6.07 Å². The van der Waals surface area contributed by atoms with E-state index in [-0.39, 0.29) is 5.91 Å². The van der Waals surface area contributed by atoms with Gasteiger partial charge in [0.15, 0.2) is 4.80 Å². The van der Waals surface area contributed by atoms with Crippen LogP contribution >= 0.6 is 33.9 Å². The van der Waals surface area contributed by atoms with E-state index in [2.05, 4.69) is 27.6 Å². The van der Waals surface area contributed by atoms with Crippen LogP contribution in [0.25, 0.3) is 0 Å². The number of carbonyl (C=O) groups excluding carboxylic acids is 1. The molecule has 2 aromatic rings. The molecule has 0 atom stereocenters. The third kappa shape index (κ3) is 2.59. The molecule has 0 saturated carbocycles. The SMILES string of the molecule is Cn1ccsc1=NC(=O)c1cccc(I)c1. The molecule has 0 saturated heterocycles. The standard InChI is InChI=1S/C11H9IN2OS/c1-14-5-6-16-11(14)13-10(15)8-3-2-4-9(12)7-8/h2-7H,1H3.